The SMILES string of the molecule is NC(N)C(C(=O)Nc1cnccc1N1CCC(C2NNCO2)CC1)C(N)N=O. The average molecular weight is 393 g/mol. The quantitative estimate of drug-likeness (QED) is 0.236. The van der Waals surface area contributed by atoms with Crippen LogP contribution in [-0.2, 0) is 9.53 Å². The van der Waals surface area contributed by atoms with Crippen molar-refractivity contribution in [2.45, 2.75) is 31.4 Å². The zero-order chi connectivity index (χ0) is 20.1. The van der Waals surface area contributed by atoms with Crippen LogP contribution in [0.25, 0.3) is 0 Å². The Labute approximate surface area is 162 Å². The number of nitrogens with one attached hydrogen (secondary N) is 3. The van der Waals surface area contributed by atoms with E-state index in [-0.39, 0.29) is 6.23 Å². The van der Waals surface area contributed by atoms with Gasteiger partial charge in [-0.25, -0.2) is 10.9 Å². The molecular formula is C16H27N9O3. The van der Waals surface area contributed by atoms with Crippen molar-refractivity contribution in [1.82, 2.24) is 15.8 Å². The van der Waals surface area contributed by atoms with Gasteiger partial charge in [-0.2, -0.15) is 0 Å². The van der Waals surface area contributed by atoms with E-state index >= 15 is 0 Å². The highest BCUT2D eigenvalue weighted by atomic mass is 16.5. The molecule has 0 saturated carbocycles. The molecule has 0 radical (unpaired) electrons. The molecule has 12 nitrogen and oxygen atoms in total. The summed E-state index contributed by atoms with van der Waals surface area (Å²) in [5, 5.41) is 5.43. The van der Waals surface area contributed by atoms with Crippen LogP contribution >= 0.6 is 0 Å². The number of hydrogen-bond donors (Lipinski definition) is 6. The zero-order valence-electron chi connectivity index (χ0n) is 15.5. The third-order valence-corrected chi connectivity index (χ3v) is 5.15. The van der Waals surface area contributed by atoms with Crippen molar-refractivity contribution in [2.75, 3.05) is 30.0 Å². The van der Waals surface area contributed by atoms with Crippen LogP contribution in [0.5, 0.6) is 0 Å². The van der Waals surface area contributed by atoms with Crippen molar-refractivity contribution in [1.29, 1.82) is 0 Å². The first-order valence-electron chi connectivity index (χ1n) is 9.20. The van der Waals surface area contributed by atoms with Crippen LogP contribution in [0.3, 0.4) is 0 Å². The van der Waals surface area contributed by atoms with E-state index in [1.807, 2.05) is 6.07 Å². The minimum Gasteiger partial charge on any atom is -0.370 e. The van der Waals surface area contributed by atoms with E-state index in [0.29, 0.717) is 18.3 Å². The molecule has 12 heteroatoms. The van der Waals surface area contributed by atoms with E-state index in [0.717, 1.165) is 31.6 Å². The summed E-state index contributed by atoms with van der Waals surface area (Å²) in [7, 11) is 0. The minimum atomic E-state index is -1.33. The molecule has 2 aliphatic heterocycles. The number of nitroso groups, excluding NO2 is 1. The molecule has 0 aliphatic carbocycles. The lowest BCUT2D eigenvalue weighted by Gasteiger charge is -2.36. The molecular weight excluding hydrogens is 366 g/mol. The molecule has 0 bridgehead atoms. The second-order valence-electron chi connectivity index (χ2n) is 6.96. The largest absolute Gasteiger partial charge is 0.370 e. The molecule has 0 aromatic carbocycles. The number of rotatable bonds is 7. The number of carbonyl (C=O) groups is 1. The van der Waals surface area contributed by atoms with Crippen LogP contribution in [0.4, 0.5) is 11.4 Å². The van der Waals surface area contributed by atoms with Crippen LogP contribution in [0.15, 0.2) is 23.6 Å². The van der Waals surface area contributed by atoms with Gasteiger partial charge in [0, 0.05) is 25.2 Å². The van der Waals surface area contributed by atoms with Gasteiger partial charge in [-0.15, -0.1) is 4.91 Å². The minimum absolute atomic E-state index is 0.0166. The standard InChI is InChI=1S/C16H27N9O3/c17-13(18)12(14(19)24-27)15(26)22-10-7-20-4-1-11(10)25-5-2-9(3-6-25)16-23-21-8-28-16/h1,4,7,9,12-14,16,21,23H,2-3,5-6,8,17-19H2,(H,22,26). The first-order chi connectivity index (χ1) is 13.5. The lowest BCUT2D eigenvalue weighted by molar-refractivity contribution is -0.121. The van der Waals surface area contributed by atoms with Crippen molar-refractivity contribution >= 4 is 17.3 Å². The Kier molecular flexibility index (Phi) is 6.83. The molecule has 3 atom stereocenters. The summed E-state index contributed by atoms with van der Waals surface area (Å²) in [5.74, 6) is -1.31. The number of nitrogens with two attached hydrogens (primary N) is 3. The summed E-state index contributed by atoms with van der Waals surface area (Å²) in [5.41, 5.74) is 24.2. The summed E-state index contributed by atoms with van der Waals surface area (Å²) in [6, 6.07) is 1.83. The molecule has 2 aliphatic rings. The molecule has 1 amide bonds. The van der Waals surface area contributed by atoms with Gasteiger partial charge in [-0.05, 0) is 18.9 Å². The average Bonchev–Trinajstić information content (AvgIpc) is 3.23. The maximum atomic E-state index is 12.6. The van der Waals surface area contributed by atoms with Gasteiger partial charge in [0.05, 0.1) is 23.7 Å². The maximum absolute atomic E-state index is 12.6. The van der Waals surface area contributed by atoms with Crippen molar-refractivity contribution in [3.63, 3.8) is 0 Å². The third-order valence-electron chi connectivity index (χ3n) is 5.15. The molecule has 28 heavy (non-hydrogen) atoms. The summed E-state index contributed by atoms with van der Waals surface area (Å²) < 4.78 is 5.61. The van der Waals surface area contributed by atoms with Crippen LogP contribution in [0, 0.1) is 16.7 Å². The fourth-order valence-electron chi connectivity index (χ4n) is 3.61. The van der Waals surface area contributed by atoms with Crippen LogP contribution < -0.4 is 38.3 Å². The summed E-state index contributed by atoms with van der Waals surface area (Å²) in [4.78, 5) is 29.6. The molecule has 9 N–H and O–H groups in total. The molecule has 3 rings (SSSR count). The van der Waals surface area contributed by atoms with Gasteiger partial charge >= 0.3 is 0 Å². The van der Waals surface area contributed by atoms with Crippen molar-refractivity contribution in [3.8, 4) is 0 Å². The third kappa shape index (κ3) is 4.60. The van der Waals surface area contributed by atoms with Crippen LogP contribution in [0.2, 0.25) is 0 Å². The van der Waals surface area contributed by atoms with Gasteiger partial charge in [-0.1, -0.05) is 5.18 Å². The monoisotopic (exact) mass is 393 g/mol. The van der Waals surface area contributed by atoms with E-state index in [4.69, 9.17) is 21.9 Å². The number of hydrazine groups is 1. The van der Waals surface area contributed by atoms with Gasteiger partial charge in [0.2, 0.25) is 5.91 Å². The number of ether oxygens (including phenoxy) is 1. The van der Waals surface area contributed by atoms with E-state index in [2.05, 4.69) is 31.2 Å². The van der Waals surface area contributed by atoms with Crippen molar-refractivity contribution in [2.24, 2.45) is 34.2 Å². The van der Waals surface area contributed by atoms with Crippen LogP contribution in [0.1, 0.15) is 12.8 Å². The molecule has 1 aromatic heterocycles. The predicted molar refractivity (Wildman–Crippen MR) is 103 cm³/mol. The number of aromatic nitrogens is 1. The molecule has 2 fully saturated rings. The van der Waals surface area contributed by atoms with Gasteiger partial charge in [0.1, 0.15) is 18.9 Å². The number of nitrogens with zero attached hydrogens (tertiary/aromatic N) is 3. The molecule has 1 aromatic rings. The first-order valence-corrected chi connectivity index (χ1v) is 9.20. The topological polar surface area (TPSA) is 186 Å². The lowest BCUT2D eigenvalue weighted by Crippen LogP contribution is -2.52. The van der Waals surface area contributed by atoms with Crippen LogP contribution in [-0.4, -0.2) is 49.3 Å². The van der Waals surface area contributed by atoms with Crippen molar-refractivity contribution < 1.29 is 9.53 Å². The maximum Gasteiger partial charge on any atom is 0.234 e. The number of amides is 1. The Morgan fingerprint density at radius 3 is 2.71 bits per heavy atom. The Morgan fingerprint density at radius 2 is 2.11 bits per heavy atom. The fourth-order valence-corrected chi connectivity index (χ4v) is 3.61. The predicted octanol–water partition coefficient (Wildman–Crippen LogP) is -1.44. The summed E-state index contributed by atoms with van der Waals surface area (Å²) in [6.45, 7) is 2.11. The number of pyridine rings is 1. The van der Waals surface area contributed by atoms with E-state index < -0.39 is 24.2 Å². The number of anilines is 2. The fraction of sp³-hybridized carbons (Fsp3) is 0.625. The zero-order valence-corrected chi connectivity index (χ0v) is 15.5. The lowest BCUT2D eigenvalue weighted by atomic mass is 9.94. The normalized spacial score (nSPS) is 22.9. The van der Waals surface area contributed by atoms with E-state index in [9.17, 15) is 9.70 Å². The first kappa shape index (κ1) is 20.5. The molecule has 2 saturated heterocycles. The van der Waals surface area contributed by atoms with E-state index in [1.165, 1.54) is 0 Å². The Morgan fingerprint density at radius 1 is 1.36 bits per heavy atom. The van der Waals surface area contributed by atoms with E-state index in [1.54, 1.807) is 12.4 Å². The molecule has 3 heterocycles. The summed E-state index contributed by atoms with van der Waals surface area (Å²) in [6.07, 6.45) is 2.65. The highest BCUT2D eigenvalue weighted by molar-refractivity contribution is 5.96. The number of carbonyl (C=O) groups excluding carboxylic acids is 1. The second-order valence-corrected chi connectivity index (χ2v) is 6.96. The molecule has 0 spiro atoms. The molecule has 3 unspecified atom stereocenters. The summed E-state index contributed by atoms with van der Waals surface area (Å²) >= 11 is 0. The van der Waals surface area contributed by atoms with Gasteiger partial charge in [0.15, 0.2) is 6.17 Å². The Bertz CT molecular complexity index is 675. The smallest absolute Gasteiger partial charge is 0.234 e. The second kappa shape index (κ2) is 9.32. The van der Waals surface area contributed by atoms with Crippen molar-refractivity contribution in [3.05, 3.63) is 23.4 Å². The van der Waals surface area contributed by atoms with Gasteiger partial charge in [-0.3, -0.25) is 9.78 Å². The number of hydrogen-bond acceptors (Lipinski definition) is 11. The Hall–Kier alpha value is -2.22. The Balaban J connectivity index is 1.68. The number of piperidine rings is 1. The van der Waals surface area contributed by atoms with Gasteiger partial charge in [0.25, 0.3) is 0 Å². The molecule has 154 valence electrons. The highest BCUT2D eigenvalue weighted by Gasteiger charge is 2.33. The van der Waals surface area contributed by atoms with Gasteiger partial charge < -0.3 is 32.2 Å². The highest BCUT2D eigenvalue weighted by Crippen LogP contribution is 2.31.